The first kappa shape index (κ1) is 52.4. The number of unbranched alkanes of at least 4 members (excludes halogenated alkanes) is 15. The molecule has 4 N–H and O–H groups in total. The first-order chi connectivity index (χ1) is 27.8. The van der Waals surface area contributed by atoms with Crippen molar-refractivity contribution >= 4 is 11.9 Å². The summed E-state index contributed by atoms with van der Waals surface area (Å²) in [6.45, 7) is 3.32. The number of rotatable bonds is 36. The third-order valence-corrected chi connectivity index (χ3v) is 9.88. The third-order valence-electron chi connectivity index (χ3n) is 9.88. The number of aliphatic hydroxyl groups excluding tert-OH is 4. The molecule has 1 heterocycles. The van der Waals surface area contributed by atoms with E-state index in [1.807, 2.05) is 0 Å². The second-order valence-electron chi connectivity index (χ2n) is 15.1. The van der Waals surface area contributed by atoms with Crippen LogP contribution in [0.15, 0.2) is 60.8 Å². The van der Waals surface area contributed by atoms with E-state index >= 15 is 0 Å². The molecule has 0 aromatic rings. The quantitative estimate of drug-likeness (QED) is 0.0274. The van der Waals surface area contributed by atoms with Crippen molar-refractivity contribution in [3.8, 4) is 0 Å². The van der Waals surface area contributed by atoms with E-state index in [2.05, 4.69) is 74.6 Å². The van der Waals surface area contributed by atoms with Crippen LogP contribution >= 0.6 is 0 Å². The van der Waals surface area contributed by atoms with Gasteiger partial charge in [0.2, 0.25) is 0 Å². The van der Waals surface area contributed by atoms with E-state index in [1.54, 1.807) is 0 Å². The summed E-state index contributed by atoms with van der Waals surface area (Å²) in [7, 11) is 0. The summed E-state index contributed by atoms with van der Waals surface area (Å²) in [5, 5.41) is 40.0. The van der Waals surface area contributed by atoms with Gasteiger partial charge in [0.25, 0.3) is 0 Å². The molecular weight excluding hydrogens is 725 g/mol. The minimum atomic E-state index is -1.60. The molecule has 0 aromatic carbocycles. The first-order valence-corrected chi connectivity index (χ1v) is 22.4. The van der Waals surface area contributed by atoms with Crippen LogP contribution in [0.3, 0.4) is 0 Å². The van der Waals surface area contributed by atoms with E-state index in [-0.39, 0.29) is 26.1 Å². The largest absolute Gasteiger partial charge is 0.462 e. The van der Waals surface area contributed by atoms with Crippen molar-refractivity contribution in [2.75, 3.05) is 19.8 Å². The predicted octanol–water partition coefficient (Wildman–Crippen LogP) is 9.44. The summed E-state index contributed by atoms with van der Waals surface area (Å²) in [5.74, 6) is -0.857. The standard InChI is InChI=1S/C47H80O10/c1-3-5-7-9-11-13-15-17-18-19-20-21-22-24-26-28-30-32-34-36-43(50)56-40(39-55-47-46(53)45(52)44(51)41(37-48)57-47)38-54-42(49)35-33-31-29-27-25-23-16-14-12-10-8-6-4-2/h11,13-14,16-18,20-21,24,26,40-41,44-48,51-53H,3-10,12,15,19,22-23,25,27-39H2,1-2H3/b13-11+,16-14+,18-17+,21-20+,26-24+/t40-,41-,44+,45?,46?,47-/m1/s1. The lowest BCUT2D eigenvalue weighted by Gasteiger charge is -2.39. The lowest BCUT2D eigenvalue weighted by Crippen LogP contribution is -2.59. The van der Waals surface area contributed by atoms with Gasteiger partial charge in [0.1, 0.15) is 31.0 Å². The first-order valence-electron chi connectivity index (χ1n) is 22.4. The van der Waals surface area contributed by atoms with Gasteiger partial charge in [-0.05, 0) is 83.5 Å². The maximum Gasteiger partial charge on any atom is 0.306 e. The highest BCUT2D eigenvalue weighted by Gasteiger charge is 2.44. The molecule has 0 saturated carbocycles. The summed E-state index contributed by atoms with van der Waals surface area (Å²) < 4.78 is 22.1. The topological polar surface area (TPSA) is 152 Å². The van der Waals surface area contributed by atoms with Gasteiger partial charge in [-0.2, -0.15) is 0 Å². The van der Waals surface area contributed by atoms with E-state index in [1.165, 1.54) is 51.4 Å². The van der Waals surface area contributed by atoms with Crippen LogP contribution in [0.2, 0.25) is 0 Å². The van der Waals surface area contributed by atoms with Crippen LogP contribution in [0, 0.1) is 0 Å². The fourth-order valence-corrected chi connectivity index (χ4v) is 6.28. The van der Waals surface area contributed by atoms with Gasteiger partial charge < -0.3 is 39.4 Å². The van der Waals surface area contributed by atoms with Crippen molar-refractivity contribution < 1.29 is 49.0 Å². The van der Waals surface area contributed by atoms with E-state index in [0.29, 0.717) is 12.8 Å². The summed E-state index contributed by atoms with van der Waals surface area (Å²) in [4.78, 5) is 25.3. The van der Waals surface area contributed by atoms with Crippen LogP contribution in [-0.4, -0.2) is 89.0 Å². The average molecular weight is 805 g/mol. The second-order valence-corrected chi connectivity index (χ2v) is 15.1. The van der Waals surface area contributed by atoms with Crippen LogP contribution in [0.25, 0.3) is 0 Å². The highest BCUT2D eigenvalue weighted by Crippen LogP contribution is 2.22. The lowest BCUT2D eigenvalue weighted by atomic mass is 9.99. The molecule has 1 rings (SSSR count). The zero-order chi connectivity index (χ0) is 41.6. The number of ether oxygens (including phenoxy) is 4. The van der Waals surface area contributed by atoms with Crippen molar-refractivity contribution in [3.63, 3.8) is 0 Å². The van der Waals surface area contributed by atoms with Gasteiger partial charge >= 0.3 is 11.9 Å². The van der Waals surface area contributed by atoms with Crippen molar-refractivity contribution in [2.45, 2.75) is 205 Å². The van der Waals surface area contributed by atoms with Gasteiger partial charge in [-0.15, -0.1) is 0 Å². The normalized spacial score (nSPS) is 20.8. The summed E-state index contributed by atoms with van der Waals surface area (Å²) >= 11 is 0. The van der Waals surface area contributed by atoms with Gasteiger partial charge in [0, 0.05) is 12.8 Å². The molecule has 2 unspecified atom stereocenters. The lowest BCUT2D eigenvalue weighted by molar-refractivity contribution is -0.305. The molecular formula is C47H80O10. The predicted molar refractivity (Wildman–Crippen MR) is 228 cm³/mol. The van der Waals surface area contributed by atoms with Crippen molar-refractivity contribution in [1.82, 2.24) is 0 Å². The smallest absolute Gasteiger partial charge is 0.306 e. The van der Waals surface area contributed by atoms with E-state index in [9.17, 15) is 30.0 Å². The SMILES string of the molecule is CCCCC/C=C/C/C=C/C/C=C/C/C=C/CCCCCC(=O)O[C@H](COC(=O)CCCCCCC/C=C/CCCCCC)CO[C@@H]1O[C@H](CO)[C@H](O)C(O)C1O. The molecule has 10 heteroatoms. The maximum absolute atomic E-state index is 12.8. The second kappa shape index (κ2) is 37.7. The van der Waals surface area contributed by atoms with Crippen LogP contribution in [0.1, 0.15) is 168 Å². The fourth-order valence-electron chi connectivity index (χ4n) is 6.28. The van der Waals surface area contributed by atoms with Gasteiger partial charge in [-0.3, -0.25) is 9.59 Å². The molecule has 6 atom stereocenters. The monoisotopic (exact) mass is 805 g/mol. The van der Waals surface area contributed by atoms with E-state index in [4.69, 9.17) is 18.9 Å². The van der Waals surface area contributed by atoms with Crippen LogP contribution in [-0.2, 0) is 28.5 Å². The third kappa shape index (κ3) is 29.3. The number of hydrogen-bond donors (Lipinski definition) is 4. The maximum atomic E-state index is 12.8. The number of hydrogen-bond acceptors (Lipinski definition) is 10. The Kier molecular flexibility index (Phi) is 34.6. The Labute approximate surface area is 345 Å². The van der Waals surface area contributed by atoms with Gasteiger partial charge in [-0.1, -0.05) is 132 Å². The van der Waals surface area contributed by atoms with Gasteiger partial charge in [0.05, 0.1) is 13.2 Å². The molecule has 0 bridgehead atoms. The summed E-state index contributed by atoms with van der Waals surface area (Å²) in [6, 6.07) is 0. The fraction of sp³-hybridized carbons (Fsp3) is 0.745. The number of carbonyl (C=O) groups excluding carboxylic acids is 2. The van der Waals surface area contributed by atoms with Crippen molar-refractivity contribution in [1.29, 1.82) is 0 Å². The molecule has 1 aliphatic heterocycles. The minimum absolute atomic E-state index is 0.188. The Morgan fingerprint density at radius 2 is 0.982 bits per heavy atom. The molecule has 0 aromatic heterocycles. The number of aliphatic hydroxyl groups is 4. The Bertz CT molecular complexity index is 1110. The number of esters is 2. The molecule has 1 fully saturated rings. The van der Waals surface area contributed by atoms with E-state index < -0.39 is 55.4 Å². The average Bonchev–Trinajstić information content (AvgIpc) is 3.21. The van der Waals surface area contributed by atoms with Gasteiger partial charge in [0.15, 0.2) is 12.4 Å². The minimum Gasteiger partial charge on any atom is -0.462 e. The highest BCUT2D eigenvalue weighted by molar-refractivity contribution is 5.70. The molecule has 328 valence electrons. The molecule has 0 radical (unpaired) electrons. The summed E-state index contributed by atoms with van der Waals surface area (Å²) in [6.07, 6.45) is 37.9. The molecule has 1 saturated heterocycles. The van der Waals surface area contributed by atoms with Crippen LogP contribution in [0.4, 0.5) is 0 Å². The van der Waals surface area contributed by atoms with Gasteiger partial charge in [-0.25, -0.2) is 0 Å². The van der Waals surface area contributed by atoms with Crippen LogP contribution < -0.4 is 0 Å². The molecule has 0 amide bonds. The van der Waals surface area contributed by atoms with Crippen molar-refractivity contribution in [2.24, 2.45) is 0 Å². The highest BCUT2D eigenvalue weighted by atomic mass is 16.7. The Morgan fingerprint density at radius 3 is 1.54 bits per heavy atom. The molecule has 57 heavy (non-hydrogen) atoms. The van der Waals surface area contributed by atoms with E-state index in [0.717, 1.165) is 77.0 Å². The number of allylic oxidation sites excluding steroid dienone is 10. The number of carbonyl (C=O) groups is 2. The molecule has 1 aliphatic rings. The Morgan fingerprint density at radius 1 is 0.544 bits per heavy atom. The Hall–Kier alpha value is -2.60. The van der Waals surface area contributed by atoms with Crippen LogP contribution in [0.5, 0.6) is 0 Å². The molecule has 10 nitrogen and oxygen atoms in total. The zero-order valence-corrected chi connectivity index (χ0v) is 35.6. The molecule has 0 spiro atoms. The van der Waals surface area contributed by atoms with Crippen molar-refractivity contribution in [3.05, 3.63) is 60.8 Å². The summed E-state index contributed by atoms with van der Waals surface area (Å²) in [5.41, 5.74) is 0. The Balaban J connectivity index is 2.38. The zero-order valence-electron chi connectivity index (χ0n) is 35.6. The molecule has 0 aliphatic carbocycles.